The van der Waals surface area contributed by atoms with Gasteiger partial charge in [0, 0.05) is 25.6 Å². The lowest BCUT2D eigenvalue weighted by atomic mass is 10.1. The van der Waals surface area contributed by atoms with Crippen LogP contribution in [-0.4, -0.2) is 51.2 Å². The highest BCUT2D eigenvalue weighted by molar-refractivity contribution is 8.13. The summed E-state index contributed by atoms with van der Waals surface area (Å²) in [5, 5.41) is 8.91. The van der Waals surface area contributed by atoms with E-state index >= 15 is 0 Å². The number of aliphatic carboxylic acids is 1. The van der Waals surface area contributed by atoms with Crippen molar-refractivity contribution >= 4 is 34.7 Å². The third kappa shape index (κ3) is 4.52. The molecule has 0 saturated carbocycles. The van der Waals surface area contributed by atoms with Crippen LogP contribution in [0.25, 0.3) is 0 Å². The van der Waals surface area contributed by atoms with Crippen molar-refractivity contribution in [1.82, 2.24) is 4.90 Å². The molecule has 0 bridgehead atoms. The van der Waals surface area contributed by atoms with E-state index in [2.05, 4.69) is 0 Å². The lowest BCUT2D eigenvalue weighted by Gasteiger charge is -2.25. The molecule has 1 heterocycles. The van der Waals surface area contributed by atoms with Crippen LogP contribution in [0.15, 0.2) is 0 Å². The quantitative estimate of drug-likeness (QED) is 0.703. The van der Waals surface area contributed by atoms with Crippen molar-refractivity contribution < 1.29 is 24.3 Å². The van der Waals surface area contributed by atoms with Crippen molar-refractivity contribution in [2.75, 3.05) is 12.3 Å². The fourth-order valence-electron chi connectivity index (χ4n) is 2.20. The maximum Gasteiger partial charge on any atom is 0.326 e. The molecule has 1 unspecified atom stereocenters. The van der Waals surface area contributed by atoms with Crippen molar-refractivity contribution in [3.8, 4) is 0 Å². The molecule has 0 spiro atoms. The minimum atomic E-state index is -1.05. The summed E-state index contributed by atoms with van der Waals surface area (Å²) in [6.45, 7) is 1.72. The van der Waals surface area contributed by atoms with Gasteiger partial charge in [-0.15, -0.1) is 0 Å². The van der Waals surface area contributed by atoms with Crippen molar-refractivity contribution in [2.45, 2.75) is 32.2 Å². The summed E-state index contributed by atoms with van der Waals surface area (Å²) in [5.74, 6) is -2.71. The van der Waals surface area contributed by atoms with Crippen LogP contribution >= 0.6 is 11.8 Å². The van der Waals surface area contributed by atoms with Gasteiger partial charge in [0.25, 0.3) is 0 Å². The Balaban J connectivity index is 2.77. The van der Waals surface area contributed by atoms with Crippen molar-refractivity contribution in [2.24, 2.45) is 11.7 Å². The van der Waals surface area contributed by atoms with E-state index in [0.29, 0.717) is 19.4 Å². The summed E-state index contributed by atoms with van der Waals surface area (Å²) in [6, 6.07) is -0.847. The number of hydrogen-bond acceptors (Lipinski definition) is 5. The molecule has 0 radical (unpaired) electrons. The molecule has 1 rings (SSSR count). The van der Waals surface area contributed by atoms with E-state index < -0.39 is 29.7 Å². The number of amides is 2. The van der Waals surface area contributed by atoms with Crippen molar-refractivity contribution in [3.05, 3.63) is 0 Å². The molecule has 7 nitrogen and oxygen atoms in total. The maximum atomic E-state index is 12.3. The summed E-state index contributed by atoms with van der Waals surface area (Å²) in [4.78, 5) is 46.7. The third-order valence-electron chi connectivity index (χ3n) is 3.11. The van der Waals surface area contributed by atoms with Gasteiger partial charge in [0.15, 0.2) is 5.12 Å². The zero-order valence-electron chi connectivity index (χ0n) is 11.2. The molecule has 3 N–H and O–H groups in total. The number of carboxylic acid groups (broad SMARTS) is 1. The third-order valence-corrected chi connectivity index (χ3v) is 4.08. The van der Waals surface area contributed by atoms with Crippen molar-refractivity contribution in [1.29, 1.82) is 0 Å². The molecule has 2 amide bonds. The van der Waals surface area contributed by atoms with Crippen molar-refractivity contribution in [3.63, 3.8) is 0 Å². The largest absolute Gasteiger partial charge is 0.480 e. The van der Waals surface area contributed by atoms with Gasteiger partial charge in [-0.1, -0.05) is 11.8 Å². The number of hydrogen-bond donors (Lipinski definition) is 2. The molecule has 0 aliphatic carbocycles. The van der Waals surface area contributed by atoms with Crippen LogP contribution in [0.5, 0.6) is 0 Å². The molecule has 1 saturated heterocycles. The molecular formula is C12H18N2O5S. The first-order valence-electron chi connectivity index (χ1n) is 6.28. The standard InChI is InChI=1S/C12H18N2O5S/c1-7(15)20-6-8(5-10(13)16)11(17)14-4-2-3-9(14)12(18)19/h8-9H,2-6H2,1H3,(H2,13,16)(H,18,19)/t8?,9-/m0/s1. The Morgan fingerprint density at radius 1 is 1.40 bits per heavy atom. The van der Waals surface area contributed by atoms with Gasteiger partial charge in [0.1, 0.15) is 6.04 Å². The SMILES string of the molecule is CC(=O)SCC(CC(N)=O)C(=O)N1CCC[C@H]1C(=O)O. The number of thioether (sulfide) groups is 1. The molecule has 0 aromatic carbocycles. The molecule has 112 valence electrons. The summed E-state index contributed by atoms with van der Waals surface area (Å²) in [6.07, 6.45) is 0.845. The van der Waals surface area contributed by atoms with Crippen LogP contribution < -0.4 is 5.73 Å². The highest BCUT2D eigenvalue weighted by atomic mass is 32.2. The second kappa shape index (κ2) is 7.28. The van der Waals surface area contributed by atoms with E-state index in [-0.39, 0.29) is 17.3 Å². The molecule has 2 atom stereocenters. The fraction of sp³-hybridized carbons (Fsp3) is 0.667. The predicted octanol–water partition coefficient (Wildman–Crippen LogP) is -0.167. The Morgan fingerprint density at radius 2 is 2.05 bits per heavy atom. The smallest absolute Gasteiger partial charge is 0.326 e. The topological polar surface area (TPSA) is 118 Å². The second-order valence-corrected chi connectivity index (χ2v) is 5.89. The molecule has 1 fully saturated rings. The number of primary amides is 1. The lowest BCUT2D eigenvalue weighted by Crippen LogP contribution is -2.45. The van der Waals surface area contributed by atoms with Gasteiger partial charge in [-0.05, 0) is 12.8 Å². The zero-order chi connectivity index (χ0) is 15.3. The Hall–Kier alpha value is -1.57. The number of nitrogens with zero attached hydrogens (tertiary/aromatic N) is 1. The van der Waals surface area contributed by atoms with Crippen LogP contribution in [0.3, 0.4) is 0 Å². The molecule has 1 aliphatic heterocycles. The molecular weight excluding hydrogens is 284 g/mol. The lowest BCUT2D eigenvalue weighted by molar-refractivity contribution is -0.150. The Kier molecular flexibility index (Phi) is 6.00. The van der Waals surface area contributed by atoms with E-state index in [9.17, 15) is 19.2 Å². The van der Waals surface area contributed by atoms with Gasteiger partial charge in [-0.3, -0.25) is 14.4 Å². The first kappa shape index (κ1) is 16.5. The van der Waals surface area contributed by atoms with Gasteiger partial charge < -0.3 is 15.7 Å². The average Bonchev–Trinajstić information content (AvgIpc) is 2.82. The van der Waals surface area contributed by atoms with E-state index in [1.165, 1.54) is 11.8 Å². The molecule has 20 heavy (non-hydrogen) atoms. The molecule has 0 aromatic heterocycles. The first-order chi connectivity index (χ1) is 9.32. The highest BCUT2D eigenvalue weighted by Gasteiger charge is 2.37. The van der Waals surface area contributed by atoms with Gasteiger partial charge in [-0.25, -0.2) is 4.79 Å². The predicted molar refractivity (Wildman–Crippen MR) is 72.8 cm³/mol. The fourth-order valence-corrected chi connectivity index (χ4v) is 2.90. The summed E-state index contributed by atoms with van der Waals surface area (Å²) in [7, 11) is 0. The van der Waals surface area contributed by atoms with E-state index in [1.54, 1.807) is 0 Å². The zero-order valence-corrected chi connectivity index (χ0v) is 12.0. The molecule has 1 aliphatic rings. The number of carbonyl (C=O) groups is 4. The summed E-state index contributed by atoms with van der Waals surface area (Å²) < 4.78 is 0. The number of carboxylic acids is 1. The Labute approximate surface area is 120 Å². The van der Waals surface area contributed by atoms with Gasteiger partial charge in [-0.2, -0.15) is 0 Å². The van der Waals surface area contributed by atoms with Gasteiger partial charge >= 0.3 is 5.97 Å². The van der Waals surface area contributed by atoms with Gasteiger partial charge in [0.2, 0.25) is 11.8 Å². The number of carbonyl (C=O) groups excluding carboxylic acids is 3. The first-order valence-corrected chi connectivity index (χ1v) is 7.26. The average molecular weight is 302 g/mol. The monoisotopic (exact) mass is 302 g/mol. The number of nitrogens with two attached hydrogens (primary N) is 1. The van der Waals surface area contributed by atoms with Crippen LogP contribution in [0, 0.1) is 5.92 Å². The van der Waals surface area contributed by atoms with Crippen LogP contribution in [0.2, 0.25) is 0 Å². The van der Waals surface area contributed by atoms with Crippen LogP contribution in [0.4, 0.5) is 0 Å². The minimum absolute atomic E-state index is 0.139. The molecule has 0 aromatic rings. The normalized spacial score (nSPS) is 19.6. The van der Waals surface area contributed by atoms with E-state index in [1.807, 2.05) is 0 Å². The van der Waals surface area contributed by atoms with Gasteiger partial charge in [0.05, 0.1) is 5.92 Å². The van der Waals surface area contributed by atoms with Crippen LogP contribution in [0.1, 0.15) is 26.2 Å². The second-order valence-electron chi connectivity index (χ2n) is 4.70. The summed E-state index contributed by atoms with van der Waals surface area (Å²) in [5.41, 5.74) is 5.11. The van der Waals surface area contributed by atoms with E-state index in [4.69, 9.17) is 10.8 Å². The Morgan fingerprint density at radius 3 is 2.55 bits per heavy atom. The maximum absolute atomic E-state index is 12.3. The summed E-state index contributed by atoms with van der Waals surface area (Å²) >= 11 is 0.936. The Bertz CT molecular complexity index is 426. The van der Waals surface area contributed by atoms with E-state index in [0.717, 1.165) is 11.8 Å². The number of likely N-dealkylation sites (tertiary alicyclic amines) is 1. The molecule has 8 heteroatoms. The number of rotatable bonds is 6. The minimum Gasteiger partial charge on any atom is -0.480 e. The van der Waals surface area contributed by atoms with Crippen LogP contribution in [-0.2, 0) is 19.2 Å². The highest BCUT2D eigenvalue weighted by Crippen LogP contribution is 2.23.